The molecule has 4 atom stereocenters. The van der Waals surface area contributed by atoms with E-state index in [0.717, 1.165) is 54.8 Å². The largest absolute Gasteiger partial charge is 0.396 e. The third kappa shape index (κ3) is 5.26. The number of nitrogens with one attached hydrogen (secondary N) is 1. The molecule has 0 spiro atoms. The fourth-order valence-corrected chi connectivity index (χ4v) is 6.56. The van der Waals surface area contributed by atoms with Crippen molar-refractivity contribution in [2.45, 2.75) is 77.6 Å². The Hall–Kier alpha value is -1.77. The van der Waals surface area contributed by atoms with Crippen LogP contribution in [-0.2, 0) is 22.4 Å². The Morgan fingerprint density at radius 2 is 1.97 bits per heavy atom. The number of aliphatic hydroxyl groups is 1. The minimum atomic E-state index is -0.255. The van der Waals surface area contributed by atoms with Gasteiger partial charge in [0.25, 0.3) is 0 Å². The van der Waals surface area contributed by atoms with Crippen LogP contribution >= 0.6 is 15.9 Å². The molecule has 2 N–H and O–H groups in total. The van der Waals surface area contributed by atoms with Crippen molar-refractivity contribution >= 4 is 26.8 Å². The summed E-state index contributed by atoms with van der Waals surface area (Å²) in [4.78, 5) is 5.07. The Balaban J connectivity index is 1.73. The van der Waals surface area contributed by atoms with Crippen LogP contribution in [0, 0.1) is 5.41 Å². The van der Waals surface area contributed by atoms with Gasteiger partial charge in [-0.3, -0.25) is 4.98 Å². The van der Waals surface area contributed by atoms with Gasteiger partial charge in [0, 0.05) is 59.5 Å². The number of piperidine rings is 1. The van der Waals surface area contributed by atoms with Crippen molar-refractivity contribution in [2.24, 2.45) is 5.41 Å². The van der Waals surface area contributed by atoms with E-state index >= 15 is 0 Å². The molecule has 3 aromatic rings. The number of morpholine rings is 1. The predicted octanol–water partition coefficient (Wildman–Crippen LogP) is 5.99. The Morgan fingerprint density at radius 3 is 2.62 bits per heavy atom. The molecule has 2 bridgehead atoms. The molecule has 2 fully saturated rings. The first-order chi connectivity index (χ1) is 17.7. The van der Waals surface area contributed by atoms with Crippen LogP contribution in [0.4, 0.5) is 0 Å². The van der Waals surface area contributed by atoms with Crippen molar-refractivity contribution in [3.05, 3.63) is 51.8 Å². The molecule has 2 saturated heterocycles. The van der Waals surface area contributed by atoms with Crippen LogP contribution in [0.1, 0.15) is 69.4 Å². The van der Waals surface area contributed by atoms with Crippen LogP contribution in [0.25, 0.3) is 22.2 Å². The summed E-state index contributed by atoms with van der Waals surface area (Å²) in [6, 6.07) is 9.72. The third-order valence-corrected chi connectivity index (χ3v) is 8.68. The van der Waals surface area contributed by atoms with Gasteiger partial charge in [-0.15, -0.1) is 0 Å². The van der Waals surface area contributed by atoms with Gasteiger partial charge >= 0.3 is 0 Å². The minimum Gasteiger partial charge on any atom is -0.396 e. The predicted molar refractivity (Wildman–Crippen MR) is 152 cm³/mol. The van der Waals surface area contributed by atoms with Crippen LogP contribution < -0.4 is 5.32 Å². The maximum Gasteiger partial charge on any atom is 0.0969 e. The number of ether oxygens (including phenoxy) is 2. The fourth-order valence-electron chi connectivity index (χ4n) is 6.20. The highest BCUT2D eigenvalue weighted by atomic mass is 79.9. The SMILES string of the molecule is CCn1c(-c2cc(C3C[C@H]4COC[C@@H](C3)N4)cnc2[C@H](C)OC)c(CC(C)(C)CO)c2cc(Br)ccc21. The van der Waals surface area contributed by atoms with Crippen molar-refractivity contribution in [2.75, 3.05) is 26.9 Å². The fraction of sp³-hybridized carbons (Fsp3) is 0.567. The second-order valence-electron chi connectivity index (χ2n) is 11.6. The van der Waals surface area contributed by atoms with Gasteiger partial charge in [-0.25, -0.2) is 0 Å². The van der Waals surface area contributed by atoms with Crippen molar-refractivity contribution < 1.29 is 14.6 Å². The number of fused-ring (bicyclic) bond motifs is 3. The molecule has 1 unspecified atom stereocenters. The van der Waals surface area contributed by atoms with Gasteiger partial charge in [0.15, 0.2) is 0 Å². The highest BCUT2D eigenvalue weighted by molar-refractivity contribution is 9.10. The molecule has 0 amide bonds. The smallest absolute Gasteiger partial charge is 0.0969 e. The second-order valence-corrected chi connectivity index (χ2v) is 12.5. The Kier molecular flexibility index (Phi) is 7.81. The average Bonchev–Trinajstić information content (AvgIpc) is 3.19. The van der Waals surface area contributed by atoms with Gasteiger partial charge < -0.3 is 24.5 Å². The van der Waals surface area contributed by atoms with Crippen LogP contribution in [0.2, 0.25) is 0 Å². The second kappa shape index (κ2) is 10.8. The van der Waals surface area contributed by atoms with E-state index in [2.05, 4.69) is 84.0 Å². The molecule has 7 heteroatoms. The van der Waals surface area contributed by atoms with E-state index in [-0.39, 0.29) is 18.1 Å². The van der Waals surface area contributed by atoms with E-state index in [0.29, 0.717) is 18.0 Å². The van der Waals surface area contributed by atoms with E-state index < -0.39 is 0 Å². The minimum absolute atomic E-state index is 0.124. The lowest BCUT2D eigenvalue weighted by Crippen LogP contribution is -2.53. The summed E-state index contributed by atoms with van der Waals surface area (Å²) in [5, 5.41) is 15.2. The molecule has 2 aromatic heterocycles. The Bertz CT molecular complexity index is 1260. The molecule has 1 aromatic carbocycles. The summed E-state index contributed by atoms with van der Waals surface area (Å²) in [6.07, 6.45) is 4.82. The maximum atomic E-state index is 10.2. The van der Waals surface area contributed by atoms with Crippen LogP contribution in [0.15, 0.2) is 34.9 Å². The number of aliphatic hydroxyl groups excluding tert-OH is 1. The molecule has 2 aliphatic rings. The highest BCUT2D eigenvalue weighted by Gasteiger charge is 2.34. The van der Waals surface area contributed by atoms with Crippen molar-refractivity contribution in [3.63, 3.8) is 0 Å². The summed E-state index contributed by atoms with van der Waals surface area (Å²) in [7, 11) is 1.75. The number of methoxy groups -OCH3 is 1. The zero-order valence-corrected chi connectivity index (χ0v) is 24.3. The summed E-state index contributed by atoms with van der Waals surface area (Å²) in [6.45, 7) is 11.1. The van der Waals surface area contributed by atoms with Crippen LogP contribution in [0.5, 0.6) is 0 Å². The molecule has 4 heterocycles. The van der Waals surface area contributed by atoms with Gasteiger partial charge in [-0.1, -0.05) is 29.8 Å². The van der Waals surface area contributed by atoms with Crippen molar-refractivity contribution in [3.8, 4) is 11.3 Å². The maximum absolute atomic E-state index is 10.2. The quantitative estimate of drug-likeness (QED) is 0.349. The molecular weight excluding hydrogens is 530 g/mol. The van der Waals surface area contributed by atoms with Gasteiger partial charge in [-0.05, 0) is 79.8 Å². The zero-order valence-electron chi connectivity index (χ0n) is 22.7. The first-order valence-electron chi connectivity index (χ1n) is 13.5. The van der Waals surface area contributed by atoms with Gasteiger partial charge in [0.2, 0.25) is 0 Å². The molecule has 37 heavy (non-hydrogen) atoms. The van der Waals surface area contributed by atoms with E-state index in [1.54, 1.807) is 7.11 Å². The van der Waals surface area contributed by atoms with Crippen molar-refractivity contribution in [1.82, 2.24) is 14.9 Å². The number of hydrogen-bond acceptors (Lipinski definition) is 5. The number of pyridine rings is 1. The number of nitrogens with zero attached hydrogens (tertiary/aromatic N) is 2. The van der Waals surface area contributed by atoms with Crippen LogP contribution in [0.3, 0.4) is 0 Å². The molecule has 2 aliphatic heterocycles. The number of aromatic nitrogens is 2. The average molecular weight is 571 g/mol. The first-order valence-corrected chi connectivity index (χ1v) is 14.3. The molecule has 0 aliphatic carbocycles. The first kappa shape index (κ1) is 26.8. The van der Waals surface area contributed by atoms with Gasteiger partial charge in [0.05, 0.1) is 30.7 Å². The Labute approximate surface area is 228 Å². The van der Waals surface area contributed by atoms with Crippen LogP contribution in [-0.4, -0.2) is 53.7 Å². The van der Waals surface area contributed by atoms with E-state index in [1.807, 2.05) is 0 Å². The van der Waals surface area contributed by atoms with E-state index in [9.17, 15) is 5.11 Å². The molecule has 0 saturated carbocycles. The summed E-state index contributed by atoms with van der Waals surface area (Å²) in [5.74, 6) is 0.448. The third-order valence-electron chi connectivity index (χ3n) is 8.18. The van der Waals surface area contributed by atoms with E-state index in [4.69, 9.17) is 14.5 Å². The number of hydrogen-bond donors (Lipinski definition) is 2. The lowest BCUT2D eigenvalue weighted by atomic mass is 9.81. The number of halogens is 1. The molecule has 200 valence electrons. The molecule has 5 rings (SSSR count). The molecule has 0 radical (unpaired) electrons. The lowest BCUT2D eigenvalue weighted by molar-refractivity contribution is 0.0180. The van der Waals surface area contributed by atoms with E-state index in [1.165, 1.54) is 27.7 Å². The Morgan fingerprint density at radius 1 is 1.24 bits per heavy atom. The van der Waals surface area contributed by atoms with Gasteiger partial charge in [0.1, 0.15) is 0 Å². The topological polar surface area (TPSA) is 68.5 Å². The monoisotopic (exact) mass is 569 g/mol. The number of aryl methyl sites for hydroxylation is 1. The van der Waals surface area contributed by atoms with Gasteiger partial charge in [-0.2, -0.15) is 0 Å². The summed E-state index contributed by atoms with van der Waals surface area (Å²) in [5.41, 5.74) is 6.81. The normalized spacial score (nSPS) is 22.9. The lowest BCUT2D eigenvalue weighted by Gasteiger charge is -2.40. The number of rotatable bonds is 8. The van der Waals surface area contributed by atoms with Crippen molar-refractivity contribution in [1.29, 1.82) is 0 Å². The molecule has 6 nitrogen and oxygen atoms in total. The zero-order chi connectivity index (χ0) is 26.3. The summed E-state index contributed by atoms with van der Waals surface area (Å²) < 4.78 is 15.1. The summed E-state index contributed by atoms with van der Waals surface area (Å²) >= 11 is 3.70. The molecular formula is C30H40BrN3O3. The standard InChI is InChI=1S/C30H40BrN3O3/c1-6-34-27-8-7-21(31)12-24(27)26(13-30(3,4)17-35)29(34)25-11-20(14-32-28(25)18(2)36-5)19-9-22-15-37-16-23(10-19)33-22/h7-8,11-12,14,18-19,22-23,33,35H,6,9-10,13,15-17H2,1-5H3/t18-,19?,22-,23+/m0/s1. The number of benzene rings is 1. The highest BCUT2D eigenvalue weighted by Crippen LogP contribution is 2.43.